The van der Waals surface area contributed by atoms with Crippen LogP contribution in [0.4, 0.5) is 15.3 Å². The van der Waals surface area contributed by atoms with E-state index in [0.29, 0.717) is 18.0 Å². The zero-order chi connectivity index (χ0) is 16.5. The highest BCUT2D eigenvalue weighted by atomic mass is 16.7. The van der Waals surface area contributed by atoms with Crippen molar-refractivity contribution in [3.05, 3.63) is 54.4 Å². The molecule has 0 atom stereocenters. The maximum absolute atomic E-state index is 11.8. The van der Waals surface area contributed by atoms with Crippen LogP contribution in [0, 0.1) is 0 Å². The molecule has 1 heterocycles. The third-order valence-electron chi connectivity index (χ3n) is 2.75. The Morgan fingerprint density at radius 2 is 1.96 bits per heavy atom. The van der Waals surface area contributed by atoms with E-state index in [9.17, 15) is 9.59 Å². The number of aromatic nitrogens is 1. The van der Waals surface area contributed by atoms with Crippen LogP contribution in [0.5, 0.6) is 5.75 Å². The van der Waals surface area contributed by atoms with Crippen LogP contribution in [-0.2, 0) is 11.3 Å². The minimum Gasteiger partial charge on any atom is -0.434 e. The van der Waals surface area contributed by atoms with Gasteiger partial charge in [0, 0.05) is 24.6 Å². The third-order valence-corrected chi connectivity index (χ3v) is 2.75. The quantitative estimate of drug-likeness (QED) is 0.654. The number of amides is 2. The molecule has 2 N–H and O–H groups in total. The summed E-state index contributed by atoms with van der Waals surface area (Å²) in [6.07, 6.45) is 2.59. The molecule has 1 aromatic carbocycles. The summed E-state index contributed by atoms with van der Waals surface area (Å²) in [5, 5.41) is 5.39. The Balaban J connectivity index is 1.80. The van der Waals surface area contributed by atoms with E-state index in [-0.39, 0.29) is 12.6 Å². The normalized spacial score (nSPS) is 9.78. The number of rotatable bonds is 5. The van der Waals surface area contributed by atoms with Crippen LogP contribution in [0.3, 0.4) is 0 Å². The molecular formula is C16H17N3O4. The molecule has 0 bridgehead atoms. The van der Waals surface area contributed by atoms with Gasteiger partial charge in [-0.2, -0.15) is 0 Å². The number of pyridine rings is 1. The number of carbonyl (C=O) groups is 2. The van der Waals surface area contributed by atoms with Crippen molar-refractivity contribution in [2.75, 3.05) is 11.9 Å². The molecule has 2 rings (SSSR count). The first-order valence-electron chi connectivity index (χ1n) is 7.06. The van der Waals surface area contributed by atoms with Crippen LogP contribution in [0.2, 0.25) is 0 Å². The molecule has 0 aliphatic heterocycles. The second-order valence-corrected chi connectivity index (χ2v) is 4.48. The Kier molecular flexibility index (Phi) is 5.93. The van der Waals surface area contributed by atoms with Gasteiger partial charge in [-0.05, 0) is 42.8 Å². The summed E-state index contributed by atoms with van der Waals surface area (Å²) >= 11 is 0. The molecule has 7 heteroatoms. The number of hydrogen-bond acceptors (Lipinski definition) is 5. The molecular weight excluding hydrogens is 298 g/mol. The van der Waals surface area contributed by atoms with E-state index in [2.05, 4.69) is 20.4 Å². The zero-order valence-corrected chi connectivity index (χ0v) is 12.6. The highest BCUT2D eigenvalue weighted by Gasteiger charge is 2.06. The van der Waals surface area contributed by atoms with Crippen LogP contribution < -0.4 is 15.4 Å². The monoisotopic (exact) mass is 315 g/mol. The van der Waals surface area contributed by atoms with Gasteiger partial charge in [-0.1, -0.05) is 6.07 Å². The first-order valence-corrected chi connectivity index (χ1v) is 7.06. The van der Waals surface area contributed by atoms with E-state index in [0.717, 1.165) is 5.56 Å². The maximum Gasteiger partial charge on any atom is 0.513 e. The molecule has 23 heavy (non-hydrogen) atoms. The van der Waals surface area contributed by atoms with Gasteiger partial charge in [0.1, 0.15) is 5.75 Å². The van der Waals surface area contributed by atoms with E-state index >= 15 is 0 Å². The number of nitrogens with zero attached hydrogens (tertiary/aromatic N) is 1. The van der Waals surface area contributed by atoms with Gasteiger partial charge in [0.25, 0.3) is 0 Å². The lowest BCUT2D eigenvalue weighted by atomic mass is 10.3. The topological polar surface area (TPSA) is 89.5 Å². The van der Waals surface area contributed by atoms with E-state index in [1.54, 1.807) is 49.6 Å². The summed E-state index contributed by atoms with van der Waals surface area (Å²) in [4.78, 5) is 26.9. The predicted molar refractivity (Wildman–Crippen MR) is 84.2 cm³/mol. The van der Waals surface area contributed by atoms with E-state index in [1.165, 1.54) is 0 Å². The van der Waals surface area contributed by atoms with Gasteiger partial charge < -0.3 is 20.1 Å². The first-order chi connectivity index (χ1) is 11.2. The molecule has 0 saturated heterocycles. The van der Waals surface area contributed by atoms with Gasteiger partial charge >= 0.3 is 12.2 Å². The third kappa shape index (κ3) is 5.66. The van der Waals surface area contributed by atoms with Gasteiger partial charge in [-0.25, -0.2) is 9.59 Å². The first kappa shape index (κ1) is 16.3. The number of ether oxygens (including phenoxy) is 2. The lowest BCUT2D eigenvalue weighted by Crippen LogP contribution is -2.28. The number of urea groups is 1. The van der Waals surface area contributed by atoms with Crippen molar-refractivity contribution >= 4 is 17.9 Å². The molecule has 0 spiro atoms. The van der Waals surface area contributed by atoms with Crippen molar-refractivity contribution < 1.29 is 19.1 Å². The summed E-state index contributed by atoms with van der Waals surface area (Å²) in [7, 11) is 0. The molecule has 0 radical (unpaired) electrons. The lowest BCUT2D eigenvalue weighted by Gasteiger charge is -2.08. The fourth-order valence-corrected chi connectivity index (χ4v) is 1.71. The van der Waals surface area contributed by atoms with E-state index < -0.39 is 6.16 Å². The highest BCUT2D eigenvalue weighted by molar-refractivity contribution is 5.89. The molecule has 0 fully saturated rings. The average Bonchev–Trinajstić information content (AvgIpc) is 2.56. The fraction of sp³-hybridized carbons (Fsp3) is 0.188. The van der Waals surface area contributed by atoms with Crippen LogP contribution in [0.1, 0.15) is 12.5 Å². The van der Waals surface area contributed by atoms with Crippen molar-refractivity contribution in [3.63, 3.8) is 0 Å². The zero-order valence-electron chi connectivity index (χ0n) is 12.6. The van der Waals surface area contributed by atoms with Crippen LogP contribution in [-0.4, -0.2) is 23.8 Å². The molecule has 2 amide bonds. The summed E-state index contributed by atoms with van der Waals surface area (Å²) < 4.78 is 9.59. The minimum absolute atomic E-state index is 0.246. The van der Waals surface area contributed by atoms with E-state index in [4.69, 9.17) is 4.74 Å². The van der Waals surface area contributed by atoms with Gasteiger partial charge in [0.2, 0.25) is 0 Å². The van der Waals surface area contributed by atoms with Gasteiger partial charge in [-0.3, -0.25) is 4.98 Å². The van der Waals surface area contributed by atoms with Crippen LogP contribution in [0.25, 0.3) is 0 Å². The van der Waals surface area contributed by atoms with Crippen molar-refractivity contribution in [2.45, 2.75) is 13.5 Å². The van der Waals surface area contributed by atoms with Crippen molar-refractivity contribution in [3.8, 4) is 5.75 Å². The SMILES string of the molecule is CCOC(=O)Oc1ccc(NC(=O)NCc2cccnc2)cc1. The van der Waals surface area contributed by atoms with Crippen LogP contribution in [0.15, 0.2) is 48.8 Å². The minimum atomic E-state index is -0.762. The summed E-state index contributed by atoms with van der Waals surface area (Å²) in [5.74, 6) is 0.338. The summed E-state index contributed by atoms with van der Waals surface area (Å²) in [6.45, 7) is 2.32. The van der Waals surface area contributed by atoms with Gasteiger partial charge in [0.05, 0.1) is 6.61 Å². The highest BCUT2D eigenvalue weighted by Crippen LogP contribution is 2.16. The molecule has 7 nitrogen and oxygen atoms in total. The standard InChI is InChI=1S/C16H17N3O4/c1-2-22-16(21)23-14-7-5-13(6-8-14)19-15(20)18-11-12-4-3-9-17-10-12/h3-10H,2,11H2,1H3,(H2,18,19,20). The molecule has 0 aliphatic rings. The number of hydrogen-bond donors (Lipinski definition) is 2. The molecule has 120 valence electrons. The molecule has 1 aromatic heterocycles. The Hall–Kier alpha value is -3.09. The molecule has 0 unspecified atom stereocenters. The largest absolute Gasteiger partial charge is 0.513 e. The smallest absolute Gasteiger partial charge is 0.434 e. The number of anilines is 1. The average molecular weight is 315 g/mol. The lowest BCUT2D eigenvalue weighted by molar-refractivity contribution is 0.104. The Bertz CT molecular complexity index is 644. The predicted octanol–water partition coefficient (Wildman–Crippen LogP) is 2.94. The number of benzene rings is 1. The van der Waals surface area contributed by atoms with Crippen molar-refractivity contribution in [1.29, 1.82) is 0 Å². The van der Waals surface area contributed by atoms with Gasteiger partial charge in [0.15, 0.2) is 0 Å². The number of carbonyl (C=O) groups excluding carboxylic acids is 2. The molecule has 2 aromatic rings. The van der Waals surface area contributed by atoms with Gasteiger partial charge in [-0.15, -0.1) is 0 Å². The Morgan fingerprint density at radius 1 is 1.17 bits per heavy atom. The Morgan fingerprint density at radius 3 is 2.61 bits per heavy atom. The van der Waals surface area contributed by atoms with Crippen molar-refractivity contribution in [1.82, 2.24) is 10.3 Å². The van der Waals surface area contributed by atoms with Crippen molar-refractivity contribution in [2.24, 2.45) is 0 Å². The second kappa shape index (κ2) is 8.38. The number of nitrogens with one attached hydrogen (secondary N) is 2. The Labute approximate surface area is 133 Å². The maximum atomic E-state index is 11.8. The summed E-state index contributed by atoms with van der Waals surface area (Å²) in [5.41, 5.74) is 1.48. The molecule has 0 saturated carbocycles. The molecule has 0 aliphatic carbocycles. The van der Waals surface area contributed by atoms with Crippen LogP contribution >= 0.6 is 0 Å². The summed E-state index contributed by atoms with van der Waals surface area (Å²) in [6, 6.07) is 9.71. The fourth-order valence-electron chi connectivity index (χ4n) is 1.71. The van der Waals surface area contributed by atoms with E-state index in [1.807, 2.05) is 6.07 Å². The second-order valence-electron chi connectivity index (χ2n) is 4.48.